The molecule has 0 bridgehead atoms. The molecule has 212 valence electrons. The van der Waals surface area contributed by atoms with Gasteiger partial charge in [-0.05, 0) is 56.2 Å². The van der Waals surface area contributed by atoms with Crippen molar-refractivity contribution in [1.29, 1.82) is 0 Å². The van der Waals surface area contributed by atoms with Gasteiger partial charge in [-0.3, -0.25) is 9.78 Å². The summed E-state index contributed by atoms with van der Waals surface area (Å²) in [6, 6.07) is 7.21. The Kier molecular flexibility index (Phi) is 7.77. The number of phenols is 1. The predicted molar refractivity (Wildman–Crippen MR) is 157 cm³/mol. The van der Waals surface area contributed by atoms with Crippen LogP contribution in [0.1, 0.15) is 31.5 Å². The molecule has 1 aliphatic heterocycles. The fraction of sp³-hybridized carbons (Fsp3) is 0.300. The van der Waals surface area contributed by atoms with Crippen LogP contribution in [0, 0.1) is 12.7 Å². The van der Waals surface area contributed by atoms with E-state index in [9.17, 15) is 14.7 Å². The molecule has 0 aliphatic carbocycles. The Hall–Kier alpha value is -4.31. The molecule has 0 saturated carbocycles. The number of pyridine rings is 2. The first-order valence-corrected chi connectivity index (χ1v) is 13.8. The third-order valence-corrected chi connectivity index (χ3v) is 7.64. The first kappa shape index (κ1) is 28.2. The number of carbonyl (C=O) groups is 1. The Balaban J connectivity index is 1.82. The minimum Gasteiger partial charge on any atom is -0.507 e. The number of fused-ring (bicyclic) bond motifs is 1. The highest BCUT2D eigenvalue weighted by molar-refractivity contribution is 6.34. The fourth-order valence-corrected chi connectivity index (χ4v) is 5.68. The summed E-state index contributed by atoms with van der Waals surface area (Å²) >= 11 is 6.71. The molecule has 1 saturated heterocycles. The van der Waals surface area contributed by atoms with E-state index < -0.39 is 11.5 Å². The van der Waals surface area contributed by atoms with Crippen LogP contribution in [0.5, 0.6) is 5.75 Å². The summed E-state index contributed by atoms with van der Waals surface area (Å²) in [4.78, 5) is 43.5. The number of aromatic nitrogens is 4. The fourth-order valence-electron chi connectivity index (χ4n) is 5.44. The molecule has 1 N–H and O–H groups in total. The minimum absolute atomic E-state index is 0.00639. The van der Waals surface area contributed by atoms with Crippen molar-refractivity contribution in [3.63, 3.8) is 0 Å². The zero-order valence-corrected chi connectivity index (χ0v) is 23.8. The monoisotopic (exact) mass is 576 g/mol. The van der Waals surface area contributed by atoms with E-state index in [1.54, 1.807) is 24.1 Å². The van der Waals surface area contributed by atoms with E-state index in [0.717, 1.165) is 12.0 Å². The van der Waals surface area contributed by atoms with Gasteiger partial charge >= 0.3 is 5.69 Å². The van der Waals surface area contributed by atoms with Gasteiger partial charge in [0.25, 0.3) is 0 Å². The van der Waals surface area contributed by atoms with E-state index in [4.69, 9.17) is 16.6 Å². The van der Waals surface area contributed by atoms with E-state index in [0.29, 0.717) is 48.6 Å². The molecule has 3 aromatic heterocycles. The van der Waals surface area contributed by atoms with Crippen LogP contribution < -0.4 is 10.6 Å². The van der Waals surface area contributed by atoms with Crippen LogP contribution in [0.3, 0.4) is 0 Å². The number of piperazine rings is 1. The number of phenolic OH excluding ortho intramolecular Hbond substituents is 1. The lowest BCUT2D eigenvalue weighted by Crippen LogP contribution is -2.54. The van der Waals surface area contributed by atoms with E-state index in [2.05, 4.69) is 16.5 Å². The molecule has 1 aliphatic rings. The van der Waals surface area contributed by atoms with Crippen LogP contribution in [-0.2, 0) is 11.2 Å². The van der Waals surface area contributed by atoms with Crippen molar-refractivity contribution in [3.05, 3.63) is 81.8 Å². The van der Waals surface area contributed by atoms with Gasteiger partial charge in [-0.15, -0.1) is 0 Å². The van der Waals surface area contributed by atoms with Crippen LogP contribution >= 0.6 is 11.6 Å². The summed E-state index contributed by atoms with van der Waals surface area (Å²) in [5.41, 5.74) is 1.48. The molecule has 9 nitrogen and oxygen atoms in total. The van der Waals surface area contributed by atoms with Gasteiger partial charge in [0.2, 0.25) is 5.91 Å². The number of carbonyl (C=O) groups excluding carboxylic acids is 1. The summed E-state index contributed by atoms with van der Waals surface area (Å²) in [6.45, 7) is 10.6. The molecular formula is C30H30ClFN6O3. The third-order valence-electron chi connectivity index (χ3n) is 7.35. The standard InChI is InChI=1S/C30H30ClFN6O3/c1-5-8-19-11-12-33-18(4)27(19)38-29-20(15-21(31)26(34-29)25-22(32)9-7-10-23(25)39)28(35-30(38)41)37-14-13-36(16-17(37)3)24(40)6-2/h6-7,9-12,15,17,39H,2,5,8,13-14,16H2,1,3-4H3/t17-/m0/s1. The Morgan fingerprint density at radius 1 is 1.27 bits per heavy atom. The minimum atomic E-state index is -0.706. The number of halogens is 2. The predicted octanol–water partition coefficient (Wildman–Crippen LogP) is 4.82. The highest BCUT2D eigenvalue weighted by Crippen LogP contribution is 2.39. The number of rotatable bonds is 6. The zero-order valence-electron chi connectivity index (χ0n) is 23.1. The Morgan fingerprint density at radius 2 is 2.05 bits per heavy atom. The third kappa shape index (κ3) is 5.04. The van der Waals surface area contributed by atoms with Crippen molar-refractivity contribution in [3.8, 4) is 22.7 Å². The number of hydrogen-bond donors (Lipinski definition) is 1. The first-order valence-electron chi connectivity index (χ1n) is 13.4. The van der Waals surface area contributed by atoms with Crippen molar-refractivity contribution in [1.82, 2.24) is 24.4 Å². The molecule has 0 radical (unpaired) electrons. The summed E-state index contributed by atoms with van der Waals surface area (Å²) in [5.74, 6) is -0.846. The summed E-state index contributed by atoms with van der Waals surface area (Å²) in [5, 5.41) is 11.1. The molecule has 1 aromatic carbocycles. The zero-order chi connectivity index (χ0) is 29.4. The second-order valence-electron chi connectivity index (χ2n) is 10.1. The smallest absolute Gasteiger partial charge is 0.355 e. The van der Waals surface area contributed by atoms with Gasteiger partial charge in [0.05, 0.1) is 33.0 Å². The van der Waals surface area contributed by atoms with Crippen LogP contribution in [0.2, 0.25) is 5.02 Å². The molecule has 4 aromatic rings. The molecule has 1 atom stereocenters. The average molecular weight is 577 g/mol. The van der Waals surface area contributed by atoms with Crippen molar-refractivity contribution in [2.75, 3.05) is 24.5 Å². The quantitative estimate of drug-likeness (QED) is 0.328. The van der Waals surface area contributed by atoms with E-state index in [-0.39, 0.29) is 39.6 Å². The second-order valence-corrected chi connectivity index (χ2v) is 10.5. The largest absolute Gasteiger partial charge is 0.507 e. The lowest BCUT2D eigenvalue weighted by atomic mass is 10.1. The SMILES string of the molecule is C=CC(=O)N1CCN(c2nc(=O)n(-c3c(CCC)ccnc3C)c3nc(-c4c(O)cccc4F)c(Cl)cc23)[C@@H](C)C1. The molecule has 1 fully saturated rings. The van der Waals surface area contributed by atoms with Crippen molar-refractivity contribution >= 4 is 34.4 Å². The van der Waals surface area contributed by atoms with Crippen molar-refractivity contribution in [2.24, 2.45) is 0 Å². The maximum absolute atomic E-state index is 15.0. The number of nitrogens with zero attached hydrogens (tertiary/aromatic N) is 6. The van der Waals surface area contributed by atoms with E-state index in [1.807, 2.05) is 24.8 Å². The van der Waals surface area contributed by atoms with E-state index in [1.165, 1.54) is 28.8 Å². The molecule has 4 heterocycles. The number of aromatic hydroxyl groups is 1. The van der Waals surface area contributed by atoms with Crippen LogP contribution in [0.25, 0.3) is 28.0 Å². The van der Waals surface area contributed by atoms with Crippen LogP contribution in [0.15, 0.2) is 54.0 Å². The van der Waals surface area contributed by atoms with Gasteiger partial charge in [-0.25, -0.2) is 18.7 Å². The number of aryl methyl sites for hydroxylation is 2. The van der Waals surface area contributed by atoms with Crippen LogP contribution in [0.4, 0.5) is 10.2 Å². The Labute approximate surface area is 241 Å². The normalized spacial score (nSPS) is 15.4. The molecule has 41 heavy (non-hydrogen) atoms. The highest BCUT2D eigenvalue weighted by atomic mass is 35.5. The highest BCUT2D eigenvalue weighted by Gasteiger charge is 2.30. The second kappa shape index (κ2) is 11.3. The van der Waals surface area contributed by atoms with Crippen molar-refractivity contribution in [2.45, 2.75) is 39.7 Å². The summed E-state index contributed by atoms with van der Waals surface area (Å²) in [7, 11) is 0. The van der Waals surface area contributed by atoms with Gasteiger partial charge in [0.15, 0.2) is 5.65 Å². The van der Waals surface area contributed by atoms with Gasteiger partial charge in [-0.2, -0.15) is 4.98 Å². The Bertz CT molecular complexity index is 1720. The van der Waals surface area contributed by atoms with Crippen LogP contribution in [-0.4, -0.2) is 61.1 Å². The Morgan fingerprint density at radius 3 is 2.73 bits per heavy atom. The maximum atomic E-state index is 15.0. The number of amides is 1. The van der Waals surface area contributed by atoms with Gasteiger partial charge in [0.1, 0.15) is 17.4 Å². The molecule has 11 heteroatoms. The lowest BCUT2D eigenvalue weighted by Gasteiger charge is -2.40. The summed E-state index contributed by atoms with van der Waals surface area (Å²) in [6.07, 6.45) is 4.48. The lowest BCUT2D eigenvalue weighted by molar-refractivity contribution is -0.126. The van der Waals surface area contributed by atoms with Crippen molar-refractivity contribution < 1.29 is 14.3 Å². The molecule has 0 spiro atoms. The molecule has 1 amide bonds. The molecule has 0 unspecified atom stereocenters. The molecular weight excluding hydrogens is 547 g/mol. The topological polar surface area (TPSA) is 104 Å². The maximum Gasteiger partial charge on any atom is 0.355 e. The van der Waals surface area contributed by atoms with Gasteiger partial charge in [0, 0.05) is 31.9 Å². The van der Waals surface area contributed by atoms with E-state index >= 15 is 4.39 Å². The average Bonchev–Trinajstić information content (AvgIpc) is 2.94. The number of benzene rings is 1. The van der Waals surface area contributed by atoms with Gasteiger partial charge < -0.3 is 14.9 Å². The number of anilines is 1. The molecule has 5 rings (SSSR count). The first-order chi connectivity index (χ1) is 19.7. The summed E-state index contributed by atoms with van der Waals surface area (Å²) < 4.78 is 16.4. The number of hydrogen-bond acceptors (Lipinski definition) is 7. The van der Waals surface area contributed by atoms with Gasteiger partial charge in [-0.1, -0.05) is 37.6 Å².